The van der Waals surface area contributed by atoms with Gasteiger partial charge in [0.15, 0.2) is 0 Å². The van der Waals surface area contributed by atoms with Crippen LogP contribution in [0.5, 0.6) is 0 Å². The number of nitrogens with one attached hydrogen (secondary N) is 2. The molecular weight excluding hydrogens is 216 g/mol. The number of hydrogen-bond acceptors (Lipinski definition) is 3. The number of rotatable bonds is 7. The summed E-state index contributed by atoms with van der Waals surface area (Å²) in [5.41, 5.74) is 1.09. The van der Waals surface area contributed by atoms with Gasteiger partial charge in [-0.05, 0) is 13.3 Å². The van der Waals surface area contributed by atoms with Crippen molar-refractivity contribution >= 4 is 5.91 Å². The fourth-order valence-electron chi connectivity index (χ4n) is 1.71. The normalized spacial score (nSPS) is 12.4. The molecule has 0 bridgehead atoms. The molecule has 0 saturated heterocycles. The summed E-state index contributed by atoms with van der Waals surface area (Å²) in [4.78, 5) is 11.5. The van der Waals surface area contributed by atoms with Crippen molar-refractivity contribution < 1.29 is 4.79 Å². The molecular formula is C12H22N4O. The lowest BCUT2D eigenvalue weighted by Crippen LogP contribution is -2.38. The van der Waals surface area contributed by atoms with Crippen molar-refractivity contribution in [2.24, 2.45) is 7.05 Å². The molecule has 0 spiro atoms. The van der Waals surface area contributed by atoms with Crippen molar-refractivity contribution in [2.75, 3.05) is 6.54 Å². The van der Waals surface area contributed by atoms with E-state index in [2.05, 4.69) is 22.7 Å². The first-order valence-corrected chi connectivity index (χ1v) is 6.09. The van der Waals surface area contributed by atoms with Crippen LogP contribution in [-0.2, 0) is 18.4 Å². The zero-order chi connectivity index (χ0) is 12.7. The van der Waals surface area contributed by atoms with E-state index in [-0.39, 0.29) is 11.9 Å². The summed E-state index contributed by atoms with van der Waals surface area (Å²) < 4.78 is 1.75. The van der Waals surface area contributed by atoms with E-state index in [1.807, 2.05) is 20.2 Å². The highest BCUT2D eigenvalue weighted by molar-refractivity contribution is 5.78. The Morgan fingerprint density at radius 3 is 2.94 bits per heavy atom. The van der Waals surface area contributed by atoms with E-state index in [1.165, 1.54) is 0 Å². The molecule has 1 aromatic heterocycles. The highest BCUT2D eigenvalue weighted by Gasteiger charge is 2.05. The van der Waals surface area contributed by atoms with Crippen LogP contribution in [0.1, 0.15) is 32.3 Å². The molecule has 1 heterocycles. The molecule has 5 heteroatoms. The minimum absolute atomic E-state index is 0.0508. The molecule has 0 aliphatic rings. The first-order chi connectivity index (χ1) is 8.11. The Labute approximate surface area is 103 Å². The topological polar surface area (TPSA) is 59.0 Å². The third kappa shape index (κ3) is 5.49. The molecule has 1 rings (SSSR count). The third-order valence-corrected chi connectivity index (χ3v) is 2.50. The van der Waals surface area contributed by atoms with Crippen LogP contribution in [-0.4, -0.2) is 28.3 Å². The molecule has 0 saturated carbocycles. The van der Waals surface area contributed by atoms with Crippen molar-refractivity contribution in [3.05, 3.63) is 18.0 Å². The number of hydrogen-bond donors (Lipinski definition) is 2. The molecule has 1 unspecified atom stereocenters. The molecule has 0 aliphatic carbocycles. The quantitative estimate of drug-likeness (QED) is 0.739. The lowest BCUT2D eigenvalue weighted by molar-refractivity contribution is -0.120. The van der Waals surface area contributed by atoms with Gasteiger partial charge in [0, 0.05) is 31.4 Å². The molecule has 0 aliphatic heterocycles. The summed E-state index contributed by atoms with van der Waals surface area (Å²) in [6, 6.07) is 0.257. The standard InChI is InChI=1S/C12H22N4O/c1-4-5-10(2)15-12(17)8-13-6-11-7-14-16(3)9-11/h7,9-10,13H,4-6,8H2,1-3H3,(H,15,17). The first kappa shape index (κ1) is 13.7. The van der Waals surface area contributed by atoms with Crippen LogP contribution in [0.3, 0.4) is 0 Å². The number of amides is 1. The van der Waals surface area contributed by atoms with Crippen LogP contribution in [0, 0.1) is 0 Å². The average Bonchev–Trinajstić information content (AvgIpc) is 2.64. The van der Waals surface area contributed by atoms with E-state index in [0.29, 0.717) is 13.1 Å². The lowest BCUT2D eigenvalue weighted by Gasteiger charge is -2.12. The molecule has 2 N–H and O–H groups in total. The van der Waals surface area contributed by atoms with E-state index in [1.54, 1.807) is 10.9 Å². The molecule has 1 amide bonds. The largest absolute Gasteiger partial charge is 0.353 e. The van der Waals surface area contributed by atoms with Crippen molar-refractivity contribution in [1.29, 1.82) is 0 Å². The van der Waals surface area contributed by atoms with E-state index >= 15 is 0 Å². The van der Waals surface area contributed by atoms with E-state index in [4.69, 9.17) is 0 Å². The zero-order valence-corrected chi connectivity index (χ0v) is 10.9. The lowest BCUT2D eigenvalue weighted by atomic mass is 10.2. The van der Waals surface area contributed by atoms with Crippen molar-refractivity contribution in [2.45, 2.75) is 39.3 Å². The highest BCUT2D eigenvalue weighted by Crippen LogP contribution is 1.95. The second-order valence-corrected chi connectivity index (χ2v) is 4.38. The van der Waals surface area contributed by atoms with Gasteiger partial charge in [0.05, 0.1) is 12.7 Å². The highest BCUT2D eigenvalue weighted by atomic mass is 16.1. The SMILES string of the molecule is CCCC(C)NC(=O)CNCc1cnn(C)c1. The van der Waals surface area contributed by atoms with Crippen LogP contribution in [0.25, 0.3) is 0 Å². The Balaban J connectivity index is 2.16. The maximum atomic E-state index is 11.5. The van der Waals surface area contributed by atoms with Gasteiger partial charge in [-0.15, -0.1) is 0 Å². The zero-order valence-electron chi connectivity index (χ0n) is 10.9. The Bertz CT molecular complexity index is 348. The van der Waals surface area contributed by atoms with Crippen LogP contribution < -0.4 is 10.6 Å². The summed E-state index contributed by atoms with van der Waals surface area (Å²) in [6.45, 7) is 5.16. The predicted molar refractivity (Wildman–Crippen MR) is 67.4 cm³/mol. The van der Waals surface area contributed by atoms with E-state index in [0.717, 1.165) is 18.4 Å². The van der Waals surface area contributed by atoms with Gasteiger partial charge in [0.25, 0.3) is 0 Å². The summed E-state index contributed by atoms with van der Waals surface area (Å²) in [6.07, 6.45) is 5.84. The van der Waals surface area contributed by atoms with Gasteiger partial charge in [0.2, 0.25) is 5.91 Å². The van der Waals surface area contributed by atoms with Gasteiger partial charge < -0.3 is 10.6 Å². The second-order valence-electron chi connectivity index (χ2n) is 4.38. The average molecular weight is 238 g/mol. The first-order valence-electron chi connectivity index (χ1n) is 6.09. The molecule has 1 aromatic rings. The molecule has 5 nitrogen and oxygen atoms in total. The number of carbonyl (C=O) groups is 1. The van der Waals surface area contributed by atoms with Crippen molar-refractivity contribution in [3.8, 4) is 0 Å². The van der Waals surface area contributed by atoms with Crippen LogP contribution in [0.15, 0.2) is 12.4 Å². The summed E-state index contributed by atoms with van der Waals surface area (Å²) in [5.74, 6) is 0.0508. The molecule has 0 aromatic carbocycles. The Kier molecular flexibility index (Phi) is 5.69. The number of aryl methyl sites for hydroxylation is 1. The van der Waals surface area contributed by atoms with Crippen molar-refractivity contribution in [1.82, 2.24) is 20.4 Å². The maximum absolute atomic E-state index is 11.5. The Hall–Kier alpha value is -1.36. The van der Waals surface area contributed by atoms with Gasteiger partial charge in [-0.2, -0.15) is 5.10 Å². The molecule has 1 atom stereocenters. The Morgan fingerprint density at radius 1 is 1.59 bits per heavy atom. The third-order valence-electron chi connectivity index (χ3n) is 2.50. The minimum atomic E-state index is 0.0508. The fraction of sp³-hybridized carbons (Fsp3) is 0.667. The predicted octanol–water partition coefficient (Wildman–Crippen LogP) is 0.814. The summed E-state index contributed by atoms with van der Waals surface area (Å²) >= 11 is 0. The van der Waals surface area contributed by atoms with Crippen LogP contribution >= 0.6 is 0 Å². The van der Waals surface area contributed by atoms with Gasteiger partial charge in [-0.25, -0.2) is 0 Å². The number of carbonyl (C=O) groups excluding carboxylic acids is 1. The fourth-order valence-corrected chi connectivity index (χ4v) is 1.71. The van der Waals surface area contributed by atoms with Gasteiger partial charge in [-0.1, -0.05) is 13.3 Å². The van der Waals surface area contributed by atoms with E-state index in [9.17, 15) is 4.79 Å². The molecule has 0 fully saturated rings. The second kappa shape index (κ2) is 7.06. The van der Waals surface area contributed by atoms with Gasteiger partial charge in [0.1, 0.15) is 0 Å². The smallest absolute Gasteiger partial charge is 0.234 e. The minimum Gasteiger partial charge on any atom is -0.353 e. The van der Waals surface area contributed by atoms with Crippen molar-refractivity contribution in [3.63, 3.8) is 0 Å². The monoisotopic (exact) mass is 238 g/mol. The molecule has 17 heavy (non-hydrogen) atoms. The number of nitrogens with zero attached hydrogens (tertiary/aromatic N) is 2. The molecule has 0 radical (unpaired) electrons. The van der Waals surface area contributed by atoms with Gasteiger partial charge >= 0.3 is 0 Å². The summed E-state index contributed by atoms with van der Waals surface area (Å²) in [5, 5.41) is 10.1. The number of aromatic nitrogens is 2. The maximum Gasteiger partial charge on any atom is 0.234 e. The molecule has 96 valence electrons. The van der Waals surface area contributed by atoms with E-state index < -0.39 is 0 Å². The Morgan fingerprint density at radius 2 is 2.35 bits per heavy atom. The van der Waals surface area contributed by atoms with Crippen LogP contribution in [0.2, 0.25) is 0 Å². The van der Waals surface area contributed by atoms with Crippen LogP contribution in [0.4, 0.5) is 0 Å². The summed E-state index contributed by atoms with van der Waals surface area (Å²) in [7, 11) is 1.88. The van der Waals surface area contributed by atoms with Gasteiger partial charge in [-0.3, -0.25) is 9.48 Å².